The van der Waals surface area contributed by atoms with Crippen molar-refractivity contribution in [3.05, 3.63) is 12.1 Å². The lowest BCUT2D eigenvalue weighted by Crippen LogP contribution is -2.23. The number of primary sulfonamides is 1. The van der Waals surface area contributed by atoms with Crippen LogP contribution in [0.1, 0.15) is 6.42 Å². The molecule has 16 heavy (non-hydrogen) atoms. The number of aliphatic hydroxyl groups excluding tert-OH is 1. The molecule has 1 fully saturated rings. The summed E-state index contributed by atoms with van der Waals surface area (Å²) < 4.78 is 21.9. The van der Waals surface area contributed by atoms with E-state index in [0.717, 1.165) is 0 Å². The highest BCUT2D eigenvalue weighted by molar-refractivity contribution is 7.89. The zero-order valence-electron chi connectivity index (χ0n) is 8.44. The van der Waals surface area contributed by atoms with Crippen LogP contribution in [0.4, 0.5) is 5.82 Å². The van der Waals surface area contributed by atoms with Gasteiger partial charge in [-0.15, -0.1) is 10.2 Å². The molecule has 0 bridgehead atoms. The van der Waals surface area contributed by atoms with Crippen LogP contribution in [0.2, 0.25) is 0 Å². The van der Waals surface area contributed by atoms with Crippen molar-refractivity contribution in [1.29, 1.82) is 0 Å². The summed E-state index contributed by atoms with van der Waals surface area (Å²) in [6.45, 7) is 1.17. The normalized spacial score (nSPS) is 21.4. The van der Waals surface area contributed by atoms with E-state index in [1.165, 1.54) is 12.1 Å². The largest absolute Gasteiger partial charge is 0.391 e. The molecule has 7 nitrogen and oxygen atoms in total. The zero-order chi connectivity index (χ0) is 11.8. The highest BCUT2D eigenvalue weighted by Gasteiger charge is 2.22. The lowest BCUT2D eigenvalue weighted by atomic mass is 10.3. The zero-order valence-corrected chi connectivity index (χ0v) is 9.26. The molecule has 0 saturated carbocycles. The van der Waals surface area contributed by atoms with Crippen LogP contribution in [0.3, 0.4) is 0 Å². The fourth-order valence-electron chi connectivity index (χ4n) is 1.58. The lowest BCUT2D eigenvalue weighted by Gasteiger charge is -2.15. The molecular weight excluding hydrogens is 232 g/mol. The van der Waals surface area contributed by atoms with Gasteiger partial charge in [-0.2, -0.15) is 0 Å². The summed E-state index contributed by atoms with van der Waals surface area (Å²) >= 11 is 0. The molecule has 0 spiro atoms. The fourth-order valence-corrected chi connectivity index (χ4v) is 2.00. The minimum absolute atomic E-state index is 0.254. The molecule has 88 valence electrons. The van der Waals surface area contributed by atoms with E-state index in [1.54, 1.807) is 0 Å². The van der Waals surface area contributed by atoms with Gasteiger partial charge < -0.3 is 10.0 Å². The number of hydrogen-bond donors (Lipinski definition) is 2. The van der Waals surface area contributed by atoms with Crippen LogP contribution in [0.5, 0.6) is 0 Å². The Kier molecular flexibility index (Phi) is 2.78. The Bertz CT molecular complexity index is 473. The first-order valence-electron chi connectivity index (χ1n) is 4.76. The predicted octanol–water partition coefficient (Wildman–Crippen LogP) is -1.31. The molecule has 0 aliphatic carbocycles. The number of hydrogen-bond acceptors (Lipinski definition) is 6. The van der Waals surface area contributed by atoms with Crippen molar-refractivity contribution in [3.8, 4) is 0 Å². The molecule has 2 heterocycles. The Morgan fingerprint density at radius 1 is 1.44 bits per heavy atom. The van der Waals surface area contributed by atoms with Crippen LogP contribution >= 0.6 is 0 Å². The number of β-amino-alcohol motifs (C(OH)–C–C–N with tert-alkyl or cyclic N) is 1. The van der Waals surface area contributed by atoms with E-state index < -0.39 is 10.0 Å². The molecule has 1 aliphatic heterocycles. The quantitative estimate of drug-likeness (QED) is 0.669. The van der Waals surface area contributed by atoms with Crippen LogP contribution in [-0.2, 0) is 10.0 Å². The molecule has 1 aromatic heterocycles. The number of anilines is 1. The molecule has 2 rings (SSSR count). The molecule has 1 aromatic rings. The second-order valence-electron chi connectivity index (χ2n) is 3.66. The van der Waals surface area contributed by atoms with Gasteiger partial charge in [-0.25, -0.2) is 13.6 Å². The maximum absolute atomic E-state index is 10.9. The minimum atomic E-state index is -3.80. The first-order chi connectivity index (χ1) is 7.47. The third-order valence-corrected chi connectivity index (χ3v) is 3.21. The van der Waals surface area contributed by atoms with Gasteiger partial charge in [0, 0.05) is 13.1 Å². The number of nitrogens with two attached hydrogens (primary N) is 1. The van der Waals surface area contributed by atoms with E-state index in [0.29, 0.717) is 25.3 Å². The van der Waals surface area contributed by atoms with Gasteiger partial charge in [-0.1, -0.05) is 0 Å². The smallest absolute Gasteiger partial charge is 0.257 e. The van der Waals surface area contributed by atoms with E-state index >= 15 is 0 Å². The molecule has 3 N–H and O–H groups in total. The van der Waals surface area contributed by atoms with Gasteiger partial charge in [0.05, 0.1) is 6.10 Å². The second kappa shape index (κ2) is 3.96. The van der Waals surface area contributed by atoms with Crippen LogP contribution in [-0.4, -0.2) is 42.9 Å². The van der Waals surface area contributed by atoms with Crippen molar-refractivity contribution >= 4 is 15.8 Å². The Balaban J connectivity index is 2.20. The molecular formula is C8H12N4O3S. The predicted molar refractivity (Wildman–Crippen MR) is 56.2 cm³/mol. The standard InChI is InChI=1S/C8H12N4O3S/c9-16(14,15)8-2-1-7(10-11-8)12-4-3-6(13)5-12/h1-2,6,13H,3-5H2,(H2,9,14,15)/t6-/m0/s1. The van der Waals surface area contributed by atoms with E-state index in [-0.39, 0.29) is 11.1 Å². The SMILES string of the molecule is NS(=O)(=O)c1ccc(N2CC[C@H](O)C2)nn1. The Labute approximate surface area is 92.9 Å². The van der Waals surface area contributed by atoms with Gasteiger partial charge in [0.15, 0.2) is 10.8 Å². The summed E-state index contributed by atoms with van der Waals surface area (Å²) in [5.74, 6) is 0.545. The van der Waals surface area contributed by atoms with Crippen molar-refractivity contribution in [1.82, 2.24) is 10.2 Å². The van der Waals surface area contributed by atoms with Crippen molar-refractivity contribution in [2.24, 2.45) is 5.14 Å². The first-order valence-corrected chi connectivity index (χ1v) is 6.31. The van der Waals surface area contributed by atoms with Crippen molar-refractivity contribution in [3.63, 3.8) is 0 Å². The summed E-state index contributed by atoms with van der Waals surface area (Å²) in [7, 11) is -3.80. The van der Waals surface area contributed by atoms with Crippen molar-refractivity contribution in [2.75, 3.05) is 18.0 Å². The molecule has 0 amide bonds. The molecule has 0 radical (unpaired) electrons. The van der Waals surface area contributed by atoms with E-state index in [9.17, 15) is 13.5 Å². The molecule has 1 atom stereocenters. The average molecular weight is 244 g/mol. The Morgan fingerprint density at radius 2 is 2.19 bits per heavy atom. The van der Waals surface area contributed by atoms with Gasteiger partial charge in [0.25, 0.3) is 10.0 Å². The highest BCUT2D eigenvalue weighted by atomic mass is 32.2. The lowest BCUT2D eigenvalue weighted by molar-refractivity contribution is 0.198. The maximum Gasteiger partial charge on any atom is 0.257 e. The third-order valence-electron chi connectivity index (χ3n) is 2.40. The topological polar surface area (TPSA) is 109 Å². The second-order valence-corrected chi connectivity index (χ2v) is 5.17. The number of aromatic nitrogens is 2. The molecule has 0 unspecified atom stereocenters. The van der Waals surface area contributed by atoms with Gasteiger partial charge in [-0.05, 0) is 18.6 Å². The van der Waals surface area contributed by atoms with Gasteiger partial charge >= 0.3 is 0 Å². The minimum Gasteiger partial charge on any atom is -0.391 e. The summed E-state index contributed by atoms with van der Waals surface area (Å²) in [4.78, 5) is 1.84. The molecule has 1 saturated heterocycles. The van der Waals surface area contributed by atoms with E-state index in [1.807, 2.05) is 4.90 Å². The summed E-state index contributed by atoms with van der Waals surface area (Å²) in [5.41, 5.74) is 0. The first kappa shape index (κ1) is 11.2. The third kappa shape index (κ3) is 2.29. The number of nitrogens with zero attached hydrogens (tertiary/aromatic N) is 3. The number of rotatable bonds is 2. The fraction of sp³-hybridized carbons (Fsp3) is 0.500. The van der Waals surface area contributed by atoms with Gasteiger partial charge in [0.2, 0.25) is 0 Å². The van der Waals surface area contributed by atoms with Gasteiger partial charge in [0.1, 0.15) is 0 Å². The number of sulfonamides is 1. The summed E-state index contributed by atoms with van der Waals surface area (Å²) in [6.07, 6.45) is 0.318. The van der Waals surface area contributed by atoms with E-state index in [4.69, 9.17) is 5.14 Å². The molecule has 0 aromatic carbocycles. The number of aliphatic hydroxyl groups is 1. The van der Waals surface area contributed by atoms with Crippen LogP contribution in [0.15, 0.2) is 17.2 Å². The van der Waals surface area contributed by atoms with Gasteiger partial charge in [-0.3, -0.25) is 0 Å². The maximum atomic E-state index is 10.9. The van der Waals surface area contributed by atoms with E-state index in [2.05, 4.69) is 10.2 Å². The van der Waals surface area contributed by atoms with Crippen LogP contribution in [0, 0.1) is 0 Å². The molecule has 8 heteroatoms. The Morgan fingerprint density at radius 3 is 2.62 bits per heavy atom. The highest BCUT2D eigenvalue weighted by Crippen LogP contribution is 2.17. The summed E-state index contributed by atoms with van der Waals surface area (Å²) in [6, 6.07) is 2.84. The average Bonchev–Trinajstić information content (AvgIpc) is 2.64. The Hall–Kier alpha value is -1.25. The van der Waals surface area contributed by atoms with Crippen LogP contribution < -0.4 is 10.0 Å². The van der Waals surface area contributed by atoms with Crippen LogP contribution in [0.25, 0.3) is 0 Å². The molecule has 1 aliphatic rings. The monoisotopic (exact) mass is 244 g/mol. The van der Waals surface area contributed by atoms with Crippen molar-refractivity contribution < 1.29 is 13.5 Å². The summed E-state index contributed by atoms with van der Waals surface area (Å²) in [5, 5.41) is 21.3. The van der Waals surface area contributed by atoms with Crippen molar-refractivity contribution in [2.45, 2.75) is 17.6 Å².